The molecule has 1 heterocycles. The first kappa shape index (κ1) is 22.4. The van der Waals surface area contributed by atoms with Gasteiger partial charge in [0.1, 0.15) is 11.9 Å². The number of carbonyl (C=O) groups excluding carboxylic acids is 1. The zero-order valence-electron chi connectivity index (χ0n) is 18.8. The minimum atomic E-state index is -0.576. The van der Waals surface area contributed by atoms with E-state index in [4.69, 9.17) is 5.10 Å². The number of rotatable bonds is 8. The van der Waals surface area contributed by atoms with E-state index in [0.29, 0.717) is 18.8 Å². The molecule has 0 saturated heterocycles. The van der Waals surface area contributed by atoms with Crippen LogP contribution in [-0.4, -0.2) is 15.7 Å². The van der Waals surface area contributed by atoms with Gasteiger partial charge in [0.05, 0.1) is 12.2 Å². The molecule has 168 valence electrons. The van der Waals surface area contributed by atoms with Gasteiger partial charge in [-0.15, -0.1) is 0 Å². The number of aryl methyl sites for hydroxylation is 1. The zero-order chi connectivity index (χ0) is 23.2. The summed E-state index contributed by atoms with van der Waals surface area (Å²) in [6.45, 7) is 5.22. The predicted molar refractivity (Wildman–Crippen MR) is 128 cm³/mol. The number of amides is 1. The lowest BCUT2D eigenvalue weighted by Crippen LogP contribution is -2.33. The lowest BCUT2D eigenvalue weighted by atomic mass is 10.0. The Labute approximate surface area is 193 Å². The van der Waals surface area contributed by atoms with E-state index in [2.05, 4.69) is 29.7 Å². The van der Waals surface area contributed by atoms with Gasteiger partial charge in [0.25, 0.3) is 0 Å². The van der Waals surface area contributed by atoms with Crippen molar-refractivity contribution in [2.75, 3.05) is 5.32 Å². The first-order valence-corrected chi connectivity index (χ1v) is 10.9. The zero-order valence-corrected chi connectivity index (χ0v) is 18.8. The van der Waals surface area contributed by atoms with E-state index < -0.39 is 6.04 Å². The largest absolute Gasteiger partial charge is 0.324 e. The summed E-state index contributed by atoms with van der Waals surface area (Å²) in [6, 6.07) is 25.0. The summed E-state index contributed by atoms with van der Waals surface area (Å²) in [5.74, 6) is -0.552. The molecule has 0 saturated carbocycles. The standard InChI is InChI=1S/C27H27FN4O/c1-19-25(20(2)32(31-19)18-21-9-5-3-6-10-21)17-29-26(22-11-7-4-8-12-22)27(33)30-24-15-13-23(28)14-16-24/h3-16,26,29H,17-18H2,1-2H3,(H,30,33). The van der Waals surface area contributed by atoms with E-state index in [-0.39, 0.29) is 11.7 Å². The van der Waals surface area contributed by atoms with Crippen LogP contribution in [-0.2, 0) is 17.9 Å². The van der Waals surface area contributed by atoms with Gasteiger partial charge < -0.3 is 5.32 Å². The lowest BCUT2D eigenvalue weighted by Gasteiger charge is -2.19. The smallest absolute Gasteiger partial charge is 0.246 e. The maximum atomic E-state index is 13.2. The average Bonchev–Trinajstić information content (AvgIpc) is 3.09. The summed E-state index contributed by atoms with van der Waals surface area (Å²) in [4.78, 5) is 13.1. The highest BCUT2D eigenvalue weighted by molar-refractivity contribution is 5.95. The monoisotopic (exact) mass is 442 g/mol. The van der Waals surface area contributed by atoms with E-state index in [1.165, 1.54) is 17.7 Å². The molecule has 4 aromatic rings. The number of carbonyl (C=O) groups is 1. The Hall–Kier alpha value is -3.77. The molecule has 0 aliphatic carbocycles. The van der Waals surface area contributed by atoms with Gasteiger partial charge in [0, 0.05) is 23.5 Å². The molecular formula is C27H27FN4O. The maximum absolute atomic E-state index is 13.2. The molecule has 3 aromatic carbocycles. The molecule has 4 rings (SSSR count). The van der Waals surface area contributed by atoms with Crippen molar-refractivity contribution in [3.8, 4) is 0 Å². The number of hydrogen-bond donors (Lipinski definition) is 2. The highest BCUT2D eigenvalue weighted by Crippen LogP contribution is 2.20. The molecule has 1 aromatic heterocycles. The fraction of sp³-hybridized carbons (Fsp3) is 0.185. The molecule has 0 spiro atoms. The van der Waals surface area contributed by atoms with Gasteiger partial charge >= 0.3 is 0 Å². The van der Waals surface area contributed by atoms with Gasteiger partial charge in [-0.25, -0.2) is 4.39 Å². The number of benzene rings is 3. The van der Waals surface area contributed by atoms with Crippen molar-refractivity contribution in [2.45, 2.75) is 33.0 Å². The quantitative estimate of drug-likeness (QED) is 0.396. The molecule has 0 aliphatic heterocycles. The highest BCUT2D eigenvalue weighted by Gasteiger charge is 2.22. The third kappa shape index (κ3) is 5.54. The number of nitrogens with zero attached hydrogens (tertiary/aromatic N) is 2. The van der Waals surface area contributed by atoms with Crippen molar-refractivity contribution < 1.29 is 9.18 Å². The Morgan fingerprint density at radius 1 is 0.939 bits per heavy atom. The summed E-state index contributed by atoms with van der Waals surface area (Å²) in [7, 11) is 0. The van der Waals surface area contributed by atoms with Crippen LogP contribution in [0, 0.1) is 19.7 Å². The molecule has 1 amide bonds. The van der Waals surface area contributed by atoms with Crippen molar-refractivity contribution in [1.29, 1.82) is 0 Å². The molecule has 1 atom stereocenters. The number of halogens is 1. The third-order valence-electron chi connectivity index (χ3n) is 5.70. The first-order chi connectivity index (χ1) is 16.0. The van der Waals surface area contributed by atoms with Crippen LogP contribution < -0.4 is 10.6 Å². The Morgan fingerprint density at radius 2 is 1.58 bits per heavy atom. The average molecular weight is 443 g/mol. The van der Waals surface area contributed by atoms with Crippen molar-refractivity contribution >= 4 is 11.6 Å². The first-order valence-electron chi connectivity index (χ1n) is 10.9. The van der Waals surface area contributed by atoms with E-state index >= 15 is 0 Å². The molecule has 0 fully saturated rings. The van der Waals surface area contributed by atoms with Gasteiger partial charge in [0.15, 0.2) is 0 Å². The van der Waals surface area contributed by atoms with Crippen LogP contribution in [0.4, 0.5) is 10.1 Å². The molecule has 1 unspecified atom stereocenters. The maximum Gasteiger partial charge on any atom is 0.246 e. The summed E-state index contributed by atoms with van der Waals surface area (Å²) >= 11 is 0. The number of hydrogen-bond acceptors (Lipinski definition) is 3. The Morgan fingerprint density at radius 3 is 2.24 bits per heavy atom. The van der Waals surface area contributed by atoms with Crippen LogP contribution >= 0.6 is 0 Å². The van der Waals surface area contributed by atoms with Crippen LogP contribution in [0.25, 0.3) is 0 Å². The van der Waals surface area contributed by atoms with Crippen LogP contribution in [0.15, 0.2) is 84.9 Å². The minimum Gasteiger partial charge on any atom is -0.324 e. The molecule has 2 N–H and O–H groups in total. The molecule has 5 nitrogen and oxygen atoms in total. The second-order valence-electron chi connectivity index (χ2n) is 8.01. The number of nitrogens with one attached hydrogen (secondary N) is 2. The van der Waals surface area contributed by atoms with E-state index in [0.717, 1.165) is 22.5 Å². The van der Waals surface area contributed by atoms with Crippen LogP contribution in [0.1, 0.15) is 34.1 Å². The SMILES string of the molecule is Cc1nn(Cc2ccccc2)c(C)c1CNC(C(=O)Nc1ccc(F)cc1)c1ccccc1. The number of anilines is 1. The van der Waals surface area contributed by atoms with Gasteiger partial charge in [-0.3, -0.25) is 14.8 Å². The van der Waals surface area contributed by atoms with E-state index in [9.17, 15) is 9.18 Å². The normalized spacial score (nSPS) is 11.8. The molecule has 0 bridgehead atoms. The van der Waals surface area contributed by atoms with Crippen molar-refractivity contribution in [2.24, 2.45) is 0 Å². The summed E-state index contributed by atoms with van der Waals surface area (Å²) in [6.07, 6.45) is 0. The highest BCUT2D eigenvalue weighted by atomic mass is 19.1. The second kappa shape index (κ2) is 10.2. The van der Waals surface area contributed by atoms with Crippen molar-refractivity contribution in [1.82, 2.24) is 15.1 Å². The lowest BCUT2D eigenvalue weighted by molar-refractivity contribution is -0.118. The Kier molecular flexibility index (Phi) is 6.95. The summed E-state index contributed by atoms with van der Waals surface area (Å²) in [5, 5.41) is 11.0. The summed E-state index contributed by atoms with van der Waals surface area (Å²) in [5.41, 5.74) is 5.65. The Balaban J connectivity index is 1.52. The van der Waals surface area contributed by atoms with Gasteiger partial charge in [-0.2, -0.15) is 5.10 Å². The topological polar surface area (TPSA) is 59.0 Å². The van der Waals surface area contributed by atoms with E-state index in [1.807, 2.05) is 60.1 Å². The van der Waals surface area contributed by atoms with Crippen molar-refractivity contribution in [3.63, 3.8) is 0 Å². The molecule has 0 radical (unpaired) electrons. The van der Waals surface area contributed by atoms with Crippen LogP contribution in [0.3, 0.4) is 0 Å². The van der Waals surface area contributed by atoms with Gasteiger partial charge in [0.2, 0.25) is 5.91 Å². The van der Waals surface area contributed by atoms with E-state index in [1.54, 1.807) is 12.1 Å². The van der Waals surface area contributed by atoms with Gasteiger partial charge in [-0.1, -0.05) is 60.7 Å². The Bertz CT molecular complexity index is 1200. The van der Waals surface area contributed by atoms with Crippen molar-refractivity contribution in [3.05, 3.63) is 119 Å². The molecular weight excluding hydrogens is 415 g/mol. The number of aromatic nitrogens is 2. The molecule has 6 heteroatoms. The minimum absolute atomic E-state index is 0.209. The molecule has 0 aliphatic rings. The third-order valence-corrected chi connectivity index (χ3v) is 5.70. The van der Waals surface area contributed by atoms with Crippen LogP contribution in [0.5, 0.6) is 0 Å². The van der Waals surface area contributed by atoms with Crippen LogP contribution in [0.2, 0.25) is 0 Å². The second-order valence-corrected chi connectivity index (χ2v) is 8.01. The fourth-order valence-electron chi connectivity index (χ4n) is 3.86. The molecule has 33 heavy (non-hydrogen) atoms. The summed E-state index contributed by atoms with van der Waals surface area (Å²) < 4.78 is 15.2. The van der Waals surface area contributed by atoms with Gasteiger partial charge in [-0.05, 0) is 49.2 Å². The predicted octanol–water partition coefficient (Wildman–Crippen LogP) is 5.16. The fourth-order valence-corrected chi connectivity index (χ4v) is 3.86.